The smallest absolute Gasteiger partial charge is 0.244 e. The van der Waals surface area contributed by atoms with Crippen molar-refractivity contribution in [2.45, 2.75) is 25.3 Å². The van der Waals surface area contributed by atoms with Gasteiger partial charge in [-0.25, -0.2) is 12.7 Å². The summed E-state index contributed by atoms with van der Waals surface area (Å²) in [4.78, 5) is 12.3. The van der Waals surface area contributed by atoms with Crippen LogP contribution < -0.4 is 5.32 Å². The van der Waals surface area contributed by atoms with Gasteiger partial charge >= 0.3 is 0 Å². The Kier molecular flexibility index (Phi) is 6.34. The summed E-state index contributed by atoms with van der Waals surface area (Å²) in [7, 11) is -0.589. The van der Waals surface area contributed by atoms with Gasteiger partial charge in [-0.05, 0) is 42.7 Å². The summed E-state index contributed by atoms with van der Waals surface area (Å²) >= 11 is 0. The molecule has 0 fully saturated rings. The van der Waals surface area contributed by atoms with Crippen molar-refractivity contribution in [2.75, 3.05) is 14.1 Å². The number of hydrogen-bond donors (Lipinski definition) is 1. The minimum atomic E-state index is -3.56. The first-order valence-electron chi connectivity index (χ1n) is 8.25. The Balaban J connectivity index is 2.10. The van der Waals surface area contributed by atoms with E-state index in [9.17, 15) is 13.2 Å². The van der Waals surface area contributed by atoms with E-state index >= 15 is 0 Å². The van der Waals surface area contributed by atoms with Gasteiger partial charge in [-0.1, -0.05) is 42.0 Å². The molecule has 1 amide bonds. The molecule has 0 aliphatic heterocycles. The topological polar surface area (TPSA) is 66.5 Å². The van der Waals surface area contributed by atoms with Gasteiger partial charge in [0.15, 0.2) is 0 Å². The molecule has 0 aliphatic rings. The number of sulfonamides is 1. The lowest BCUT2D eigenvalue weighted by atomic mass is 10.1. The fourth-order valence-electron chi connectivity index (χ4n) is 2.52. The third-order valence-corrected chi connectivity index (χ3v) is 5.94. The standard InChI is InChI=1S/C20H24N2O3S/c1-15-9-10-17(16(2)13-15)11-12-20(23)21-14-18-7-5-6-8-19(18)26(24,25)22(3)4/h5-13H,14H2,1-4H3,(H,21,23)/b12-11+. The van der Waals surface area contributed by atoms with E-state index in [1.165, 1.54) is 25.7 Å². The van der Waals surface area contributed by atoms with Crippen molar-refractivity contribution >= 4 is 22.0 Å². The molecule has 26 heavy (non-hydrogen) atoms. The van der Waals surface area contributed by atoms with Crippen molar-refractivity contribution in [3.05, 3.63) is 70.8 Å². The maximum absolute atomic E-state index is 12.4. The summed E-state index contributed by atoms with van der Waals surface area (Å²) in [6.07, 6.45) is 3.22. The van der Waals surface area contributed by atoms with Crippen molar-refractivity contribution < 1.29 is 13.2 Å². The van der Waals surface area contributed by atoms with E-state index in [-0.39, 0.29) is 17.3 Å². The lowest BCUT2D eigenvalue weighted by Gasteiger charge is -2.15. The lowest BCUT2D eigenvalue weighted by molar-refractivity contribution is -0.116. The number of carbonyl (C=O) groups excluding carboxylic acids is 1. The van der Waals surface area contributed by atoms with Gasteiger partial charge in [0.1, 0.15) is 0 Å². The summed E-state index contributed by atoms with van der Waals surface area (Å²) in [5.74, 6) is -0.276. The highest BCUT2D eigenvalue weighted by Gasteiger charge is 2.20. The molecule has 0 heterocycles. The van der Waals surface area contributed by atoms with E-state index in [4.69, 9.17) is 0 Å². The van der Waals surface area contributed by atoms with Crippen molar-refractivity contribution in [3.63, 3.8) is 0 Å². The van der Waals surface area contributed by atoms with Gasteiger partial charge in [0, 0.05) is 26.7 Å². The van der Waals surface area contributed by atoms with Gasteiger partial charge in [0.2, 0.25) is 15.9 Å². The number of hydrogen-bond acceptors (Lipinski definition) is 3. The van der Waals surface area contributed by atoms with Crippen molar-refractivity contribution in [1.29, 1.82) is 0 Å². The van der Waals surface area contributed by atoms with Crippen LogP contribution in [-0.4, -0.2) is 32.7 Å². The van der Waals surface area contributed by atoms with Crippen LogP contribution in [0.25, 0.3) is 6.08 Å². The number of aryl methyl sites for hydroxylation is 2. The van der Waals surface area contributed by atoms with Crippen LogP contribution in [0.1, 0.15) is 22.3 Å². The average molecular weight is 372 g/mol. The fraction of sp³-hybridized carbons (Fsp3) is 0.250. The molecule has 0 aliphatic carbocycles. The summed E-state index contributed by atoms with van der Waals surface area (Å²) in [5.41, 5.74) is 3.79. The monoisotopic (exact) mass is 372 g/mol. The molecule has 0 aromatic heterocycles. The summed E-state index contributed by atoms with van der Waals surface area (Å²) < 4.78 is 25.9. The number of rotatable bonds is 6. The van der Waals surface area contributed by atoms with Gasteiger partial charge in [0.05, 0.1) is 4.90 Å². The van der Waals surface area contributed by atoms with Gasteiger partial charge in [-0.15, -0.1) is 0 Å². The molecule has 0 atom stereocenters. The second-order valence-corrected chi connectivity index (χ2v) is 8.43. The van der Waals surface area contributed by atoms with E-state index in [2.05, 4.69) is 11.4 Å². The maximum atomic E-state index is 12.4. The molecule has 0 spiro atoms. The predicted octanol–water partition coefficient (Wildman–Crippen LogP) is 2.88. The zero-order valence-electron chi connectivity index (χ0n) is 15.5. The summed E-state index contributed by atoms with van der Waals surface area (Å²) in [5, 5.41) is 2.74. The molecular formula is C20H24N2O3S. The Morgan fingerprint density at radius 1 is 1.12 bits per heavy atom. The molecular weight excluding hydrogens is 348 g/mol. The number of amides is 1. The molecule has 0 radical (unpaired) electrons. The van der Waals surface area contributed by atoms with Crippen LogP contribution in [0.2, 0.25) is 0 Å². The first-order valence-corrected chi connectivity index (χ1v) is 9.69. The Labute approximate surface area is 155 Å². The van der Waals surface area contributed by atoms with Crippen LogP contribution in [-0.2, 0) is 21.4 Å². The zero-order chi connectivity index (χ0) is 19.3. The Hall–Kier alpha value is -2.44. The molecule has 138 valence electrons. The average Bonchev–Trinajstić information content (AvgIpc) is 2.59. The first-order chi connectivity index (χ1) is 12.2. The number of nitrogens with zero attached hydrogens (tertiary/aromatic N) is 1. The molecule has 2 aromatic carbocycles. The molecule has 1 N–H and O–H groups in total. The van der Waals surface area contributed by atoms with E-state index in [1.54, 1.807) is 30.3 Å². The molecule has 2 aromatic rings. The van der Waals surface area contributed by atoms with Crippen LogP contribution >= 0.6 is 0 Å². The normalized spacial score (nSPS) is 11.9. The van der Waals surface area contributed by atoms with Crippen molar-refractivity contribution in [2.24, 2.45) is 0 Å². The highest BCUT2D eigenvalue weighted by molar-refractivity contribution is 7.89. The van der Waals surface area contributed by atoms with E-state index in [0.717, 1.165) is 15.4 Å². The number of benzene rings is 2. The molecule has 0 bridgehead atoms. The quantitative estimate of drug-likeness (QED) is 0.793. The second-order valence-electron chi connectivity index (χ2n) is 6.31. The van der Waals surface area contributed by atoms with E-state index in [1.807, 2.05) is 26.0 Å². The number of nitrogens with one attached hydrogen (secondary N) is 1. The molecule has 5 nitrogen and oxygen atoms in total. The third-order valence-electron chi connectivity index (χ3n) is 4.02. The molecule has 0 saturated carbocycles. The fourth-order valence-corrected chi connectivity index (χ4v) is 3.63. The largest absolute Gasteiger partial charge is 0.348 e. The van der Waals surface area contributed by atoms with Crippen molar-refractivity contribution in [3.8, 4) is 0 Å². The highest BCUT2D eigenvalue weighted by atomic mass is 32.2. The van der Waals surface area contributed by atoms with Crippen LogP contribution in [0.15, 0.2) is 53.4 Å². The van der Waals surface area contributed by atoms with Crippen LogP contribution in [0, 0.1) is 13.8 Å². The molecule has 2 rings (SSSR count). The molecule has 6 heteroatoms. The van der Waals surface area contributed by atoms with Gasteiger partial charge in [-0.2, -0.15) is 0 Å². The van der Waals surface area contributed by atoms with Gasteiger partial charge < -0.3 is 5.32 Å². The second kappa shape index (κ2) is 8.29. The minimum absolute atomic E-state index is 0.138. The lowest BCUT2D eigenvalue weighted by Crippen LogP contribution is -2.26. The minimum Gasteiger partial charge on any atom is -0.348 e. The number of carbonyl (C=O) groups is 1. The maximum Gasteiger partial charge on any atom is 0.244 e. The third kappa shape index (κ3) is 4.80. The zero-order valence-corrected chi connectivity index (χ0v) is 16.3. The highest BCUT2D eigenvalue weighted by Crippen LogP contribution is 2.18. The Morgan fingerprint density at radius 3 is 2.46 bits per heavy atom. The Bertz CT molecular complexity index is 932. The van der Waals surface area contributed by atoms with E-state index < -0.39 is 10.0 Å². The van der Waals surface area contributed by atoms with Crippen LogP contribution in [0.3, 0.4) is 0 Å². The van der Waals surface area contributed by atoms with Gasteiger partial charge in [-0.3, -0.25) is 4.79 Å². The van der Waals surface area contributed by atoms with E-state index in [0.29, 0.717) is 5.56 Å². The van der Waals surface area contributed by atoms with Crippen molar-refractivity contribution in [1.82, 2.24) is 9.62 Å². The molecule has 0 saturated heterocycles. The van der Waals surface area contributed by atoms with Gasteiger partial charge in [0.25, 0.3) is 0 Å². The Morgan fingerprint density at radius 2 is 1.81 bits per heavy atom. The first kappa shape index (κ1) is 19.9. The summed E-state index contributed by atoms with van der Waals surface area (Å²) in [6, 6.07) is 12.7. The molecule has 0 unspecified atom stereocenters. The predicted molar refractivity (Wildman–Crippen MR) is 104 cm³/mol. The summed E-state index contributed by atoms with van der Waals surface area (Å²) in [6.45, 7) is 4.15. The SMILES string of the molecule is Cc1ccc(/C=C/C(=O)NCc2ccccc2S(=O)(=O)N(C)C)c(C)c1. The van der Waals surface area contributed by atoms with Crippen LogP contribution in [0.4, 0.5) is 0 Å². The van der Waals surface area contributed by atoms with Crippen LogP contribution in [0.5, 0.6) is 0 Å².